The Balaban J connectivity index is 1.47. The van der Waals surface area contributed by atoms with Crippen LogP contribution in [0, 0.1) is 6.92 Å². The lowest BCUT2D eigenvalue weighted by Gasteiger charge is -2.33. The zero-order valence-corrected chi connectivity index (χ0v) is 15.2. The van der Waals surface area contributed by atoms with E-state index in [2.05, 4.69) is 46.6 Å². The van der Waals surface area contributed by atoms with Crippen LogP contribution in [0.25, 0.3) is 0 Å². The number of thiocarbonyl (C=S) groups is 1. The van der Waals surface area contributed by atoms with Gasteiger partial charge < -0.3 is 19.6 Å². The largest absolute Gasteiger partial charge is 0.361 e. The van der Waals surface area contributed by atoms with Crippen molar-refractivity contribution in [2.24, 2.45) is 0 Å². The fourth-order valence-corrected chi connectivity index (χ4v) is 3.29. The molecule has 1 saturated heterocycles. The number of aromatic nitrogens is 1. The Morgan fingerprint density at radius 3 is 2.58 bits per heavy atom. The minimum absolute atomic E-state index is 0.815. The Labute approximate surface area is 148 Å². The summed E-state index contributed by atoms with van der Waals surface area (Å²) in [5.74, 6) is 0.877. The van der Waals surface area contributed by atoms with Gasteiger partial charge in [-0.15, -0.1) is 0 Å². The molecule has 0 radical (unpaired) electrons. The Bertz CT molecular complexity index is 675. The molecule has 0 saturated carbocycles. The van der Waals surface area contributed by atoms with Gasteiger partial charge in [-0.1, -0.05) is 24.2 Å². The van der Waals surface area contributed by atoms with E-state index < -0.39 is 0 Å². The molecule has 3 rings (SSSR count). The van der Waals surface area contributed by atoms with E-state index in [1.165, 1.54) is 10.5 Å². The minimum Gasteiger partial charge on any atom is -0.361 e. The summed E-state index contributed by atoms with van der Waals surface area (Å²) in [6, 6.07) is 10.5. The lowest BCUT2D eigenvalue weighted by atomic mass is 10.1. The van der Waals surface area contributed by atoms with Crippen molar-refractivity contribution in [1.82, 2.24) is 10.1 Å². The minimum atomic E-state index is 0.815. The average Bonchev–Trinajstić information content (AvgIpc) is 3.01. The van der Waals surface area contributed by atoms with E-state index in [4.69, 9.17) is 16.7 Å². The van der Waals surface area contributed by atoms with Crippen LogP contribution >= 0.6 is 12.2 Å². The van der Waals surface area contributed by atoms with Crippen LogP contribution in [0.15, 0.2) is 34.9 Å². The number of aryl methyl sites for hydroxylation is 2. The first-order valence-corrected chi connectivity index (χ1v) is 8.95. The predicted octanol–water partition coefficient (Wildman–Crippen LogP) is 1.64. The Morgan fingerprint density at radius 2 is 2.00 bits per heavy atom. The molecule has 2 N–H and O–H groups in total. The first-order valence-electron chi connectivity index (χ1n) is 8.54. The van der Waals surface area contributed by atoms with Crippen LogP contribution in [0.3, 0.4) is 0 Å². The van der Waals surface area contributed by atoms with E-state index in [1.807, 2.05) is 13.0 Å². The zero-order chi connectivity index (χ0) is 16.9. The van der Waals surface area contributed by atoms with Gasteiger partial charge in [0.25, 0.3) is 0 Å². The molecule has 1 fully saturated rings. The molecule has 0 atom stereocenters. The Morgan fingerprint density at radius 1 is 1.29 bits per heavy atom. The molecule has 1 aliphatic heterocycles. The monoisotopic (exact) mass is 345 g/mol. The van der Waals surface area contributed by atoms with E-state index in [-0.39, 0.29) is 0 Å². The first kappa shape index (κ1) is 16.9. The molecule has 0 unspecified atom stereocenters. The lowest BCUT2D eigenvalue weighted by molar-refractivity contribution is -0.917. The number of hydrogen-bond donors (Lipinski definition) is 2. The zero-order valence-electron chi connectivity index (χ0n) is 14.3. The number of rotatable bonds is 4. The van der Waals surface area contributed by atoms with Gasteiger partial charge in [0.2, 0.25) is 0 Å². The topological polar surface area (TPSA) is 45.7 Å². The highest BCUT2D eigenvalue weighted by Gasteiger charge is 2.22. The Kier molecular flexibility index (Phi) is 5.48. The maximum Gasteiger partial charge on any atom is 0.173 e. The van der Waals surface area contributed by atoms with Crippen molar-refractivity contribution >= 4 is 23.0 Å². The highest BCUT2D eigenvalue weighted by Crippen LogP contribution is 2.11. The Hall–Kier alpha value is -1.92. The number of nitrogens with one attached hydrogen (secondary N) is 2. The van der Waals surface area contributed by atoms with Crippen LogP contribution in [0.5, 0.6) is 0 Å². The van der Waals surface area contributed by atoms with Gasteiger partial charge in [0.05, 0.1) is 26.2 Å². The van der Waals surface area contributed by atoms with Crippen molar-refractivity contribution in [1.29, 1.82) is 0 Å². The van der Waals surface area contributed by atoms with Gasteiger partial charge in [-0.05, 0) is 43.3 Å². The van der Waals surface area contributed by atoms with Gasteiger partial charge in [-0.2, -0.15) is 0 Å². The number of hydrogen-bond acceptors (Lipinski definition) is 3. The second kappa shape index (κ2) is 7.77. The summed E-state index contributed by atoms with van der Waals surface area (Å²) in [6.07, 6.45) is 1.06. The second-order valence-electron chi connectivity index (χ2n) is 6.32. The molecule has 0 bridgehead atoms. The van der Waals surface area contributed by atoms with Crippen LogP contribution in [-0.2, 0) is 13.0 Å². The van der Waals surface area contributed by atoms with Crippen LogP contribution in [-0.4, -0.2) is 41.3 Å². The summed E-state index contributed by atoms with van der Waals surface area (Å²) in [7, 11) is 0. The highest BCUT2D eigenvalue weighted by atomic mass is 32.1. The molecule has 0 amide bonds. The maximum atomic E-state index is 5.57. The number of anilines is 1. The average molecular weight is 345 g/mol. The van der Waals surface area contributed by atoms with E-state index in [0.29, 0.717) is 0 Å². The molecule has 128 valence electrons. The van der Waals surface area contributed by atoms with E-state index in [9.17, 15) is 0 Å². The summed E-state index contributed by atoms with van der Waals surface area (Å²) in [5.41, 5.74) is 3.43. The fraction of sp³-hybridized carbons (Fsp3) is 0.444. The van der Waals surface area contributed by atoms with Crippen molar-refractivity contribution in [3.63, 3.8) is 0 Å². The summed E-state index contributed by atoms with van der Waals surface area (Å²) >= 11 is 5.57. The molecule has 1 aromatic heterocycles. The van der Waals surface area contributed by atoms with Gasteiger partial charge >= 0.3 is 0 Å². The third-order valence-corrected chi connectivity index (χ3v) is 4.84. The SMILES string of the molecule is CCc1ccc(NC(=S)N2CC[NH+](Cc3cc(C)on3)CC2)cc1. The molecule has 6 heteroatoms. The molecule has 2 aromatic rings. The molecule has 5 nitrogen and oxygen atoms in total. The maximum absolute atomic E-state index is 5.57. The molecular weight excluding hydrogens is 320 g/mol. The molecule has 24 heavy (non-hydrogen) atoms. The van der Waals surface area contributed by atoms with Crippen LogP contribution in [0.2, 0.25) is 0 Å². The standard InChI is InChI=1S/C18H24N4OS/c1-3-15-4-6-16(7-5-15)19-18(24)22-10-8-21(9-11-22)13-17-12-14(2)23-20-17/h4-7,12H,3,8-11,13H2,1-2H3,(H,19,24)/p+1. The van der Waals surface area contributed by atoms with Crippen molar-refractivity contribution in [3.05, 3.63) is 47.3 Å². The predicted molar refractivity (Wildman–Crippen MR) is 99.3 cm³/mol. The van der Waals surface area contributed by atoms with Crippen LogP contribution in [0.4, 0.5) is 5.69 Å². The van der Waals surface area contributed by atoms with Crippen molar-refractivity contribution in [2.75, 3.05) is 31.5 Å². The van der Waals surface area contributed by atoms with Gasteiger partial charge in [0.1, 0.15) is 18.0 Å². The summed E-state index contributed by atoms with van der Waals surface area (Å²) in [4.78, 5) is 3.77. The summed E-state index contributed by atoms with van der Waals surface area (Å²) in [6.45, 7) is 9.06. The highest BCUT2D eigenvalue weighted by molar-refractivity contribution is 7.80. The number of quaternary nitrogens is 1. The fourth-order valence-electron chi connectivity index (χ4n) is 2.99. The number of benzene rings is 1. The van der Waals surface area contributed by atoms with Gasteiger partial charge in [-0.3, -0.25) is 0 Å². The van der Waals surface area contributed by atoms with Gasteiger partial charge in [0, 0.05) is 11.8 Å². The van der Waals surface area contributed by atoms with E-state index >= 15 is 0 Å². The number of nitrogens with zero attached hydrogens (tertiary/aromatic N) is 2. The third-order valence-electron chi connectivity index (χ3n) is 4.48. The lowest BCUT2D eigenvalue weighted by Crippen LogP contribution is -3.13. The first-order chi connectivity index (χ1) is 11.6. The third kappa shape index (κ3) is 4.33. The molecular formula is C18H25N4OS+. The van der Waals surface area contributed by atoms with Crippen LogP contribution < -0.4 is 10.2 Å². The number of piperazine rings is 1. The molecule has 1 aliphatic rings. The summed E-state index contributed by atoms with van der Waals surface area (Å²) < 4.78 is 5.14. The quantitative estimate of drug-likeness (QED) is 0.825. The molecule has 1 aromatic carbocycles. The van der Waals surface area contributed by atoms with Gasteiger partial charge in [-0.25, -0.2) is 0 Å². The molecule has 0 aliphatic carbocycles. The van der Waals surface area contributed by atoms with Crippen LogP contribution in [0.1, 0.15) is 23.9 Å². The van der Waals surface area contributed by atoms with Crippen molar-refractivity contribution < 1.29 is 9.42 Å². The van der Waals surface area contributed by atoms with E-state index in [1.54, 1.807) is 0 Å². The smallest absolute Gasteiger partial charge is 0.173 e. The van der Waals surface area contributed by atoms with Crippen molar-refractivity contribution in [2.45, 2.75) is 26.8 Å². The molecule has 0 spiro atoms. The van der Waals surface area contributed by atoms with Gasteiger partial charge in [0.15, 0.2) is 5.11 Å². The normalized spacial score (nSPS) is 15.5. The second-order valence-corrected chi connectivity index (χ2v) is 6.71. The van der Waals surface area contributed by atoms with E-state index in [0.717, 1.165) is 61.4 Å². The summed E-state index contributed by atoms with van der Waals surface area (Å²) in [5, 5.41) is 8.25. The van der Waals surface area contributed by atoms with Crippen molar-refractivity contribution in [3.8, 4) is 0 Å². The molecule has 2 heterocycles.